The quantitative estimate of drug-likeness (QED) is 0.796. The molecule has 2 fully saturated rings. The molecule has 25 heavy (non-hydrogen) atoms. The number of alkyl halides is 3. The number of carbonyl (C=O) groups excluding carboxylic acids is 1. The van der Waals surface area contributed by atoms with Gasteiger partial charge in [-0.05, 0) is 19.8 Å². The van der Waals surface area contributed by atoms with Gasteiger partial charge in [-0.2, -0.15) is 24.9 Å². The molecule has 0 spiro atoms. The minimum atomic E-state index is -4.50. The van der Waals surface area contributed by atoms with E-state index in [1.54, 1.807) is 4.90 Å². The Morgan fingerprint density at radius 1 is 1.24 bits per heavy atom. The first-order valence-corrected chi connectivity index (χ1v) is 9.54. The van der Waals surface area contributed by atoms with Gasteiger partial charge in [0.1, 0.15) is 17.3 Å². The summed E-state index contributed by atoms with van der Waals surface area (Å²) < 4.78 is 39.0. The van der Waals surface area contributed by atoms with Gasteiger partial charge in [-0.3, -0.25) is 4.79 Å². The summed E-state index contributed by atoms with van der Waals surface area (Å²) in [5, 5.41) is 0. The molecule has 3 heterocycles. The molecule has 1 aromatic heterocycles. The zero-order valence-electron chi connectivity index (χ0n) is 14.1. The minimum Gasteiger partial charge on any atom is -0.356 e. The highest BCUT2D eigenvalue weighted by Crippen LogP contribution is 2.31. The number of rotatable bonds is 2. The Hall–Kier alpha value is -1.51. The molecule has 1 aromatic rings. The van der Waals surface area contributed by atoms with Crippen LogP contribution in [0.5, 0.6) is 0 Å². The molecule has 0 radical (unpaired) electrons. The fourth-order valence-electron chi connectivity index (χ4n) is 3.29. The van der Waals surface area contributed by atoms with Crippen molar-refractivity contribution in [3.8, 4) is 0 Å². The van der Waals surface area contributed by atoms with Crippen LogP contribution >= 0.6 is 11.8 Å². The number of hydrogen-bond acceptors (Lipinski definition) is 5. The van der Waals surface area contributed by atoms with Crippen molar-refractivity contribution in [3.63, 3.8) is 0 Å². The molecule has 5 nitrogen and oxygen atoms in total. The summed E-state index contributed by atoms with van der Waals surface area (Å²) in [5.74, 6) is 2.18. The second-order valence-corrected chi connectivity index (χ2v) is 7.60. The highest BCUT2D eigenvalue weighted by atomic mass is 32.2. The van der Waals surface area contributed by atoms with E-state index in [0.717, 1.165) is 43.5 Å². The third kappa shape index (κ3) is 4.37. The smallest absolute Gasteiger partial charge is 0.356 e. The van der Waals surface area contributed by atoms with Crippen molar-refractivity contribution in [2.24, 2.45) is 5.92 Å². The van der Waals surface area contributed by atoms with Gasteiger partial charge in [0.2, 0.25) is 5.91 Å². The van der Waals surface area contributed by atoms with Gasteiger partial charge in [-0.25, -0.2) is 9.97 Å². The van der Waals surface area contributed by atoms with Crippen LogP contribution in [0.25, 0.3) is 0 Å². The Kier molecular flexibility index (Phi) is 5.41. The van der Waals surface area contributed by atoms with Gasteiger partial charge < -0.3 is 9.80 Å². The number of thioether (sulfide) groups is 1. The predicted octanol–water partition coefficient (Wildman–Crippen LogP) is 2.60. The topological polar surface area (TPSA) is 49.3 Å². The molecule has 138 valence electrons. The zero-order valence-corrected chi connectivity index (χ0v) is 14.9. The number of carbonyl (C=O) groups is 1. The van der Waals surface area contributed by atoms with Gasteiger partial charge in [-0.1, -0.05) is 0 Å². The van der Waals surface area contributed by atoms with Crippen molar-refractivity contribution >= 4 is 23.5 Å². The maximum absolute atomic E-state index is 13.0. The van der Waals surface area contributed by atoms with Gasteiger partial charge >= 0.3 is 6.18 Å². The van der Waals surface area contributed by atoms with Crippen LogP contribution in [0.2, 0.25) is 0 Å². The van der Waals surface area contributed by atoms with Gasteiger partial charge in [0.15, 0.2) is 0 Å². The summed E-state index contributed by atoms with van der Waals surface area (Å²) in [5.41, 5.74) is -0.934. The third-order valence-electron chi connectivity index (χ3n) is 4.53. The molecule has 1 amide bonds. The monoisotopic (exact) mass is 374 g/mol. The number of nitrogens with zero attached hydrogens (tertiary/aromatic N) is 4. The fraction of sp³-hybridized carbons (Fsp3) is 0.688. The maximum Gasteiger partial charge on any atom is 0.433 e. The molecule has 0 bridgehead atoms. The minimum absolute atomic E-state index is 0.0892. The highest BCUT2D eigenvalue weighted by molar-refractivity contribution is 7.99. The van der Waals surface area contributed by atoms with Crippen LogP contribution in [0, 0.1) is 12.8 Å². The van der Waals surface area contributed by atoms with Gasteiger partial charge in [-0.15, -0.1) is 0 Å². The van der Waals surface area contributed by atoms with Crippen molar-refractivity contribution in [3.05, 3.63) is 17.6 Å². The summed E-state index contributed by atoms with van der Waals surface area (Å²) in [4.78, 5) is 24.0. The van der Waals surface area contributed by atoms with E-state index in [0.29, 0.717) is 13.1 Å². The lowest BCUT2D eigenvalue weighted by Gasteiger charge is -2.36. The Labute approximate surface area is 149 Å². The largest absolute Gasteiger partial charge is 0.433 e. The highest BCUT2D eigenvalue weighted by Gasteiger charge is 2.35. The van der Waals surface area contributed by atoms with E-state index in [2.05, 4.69) is 9.97 Å². The molecule has 0 N–H and O–H groups in total. The summed E-state index contributed by atoms with van der Waals surface area (Å²) in [6.07, 6.45) is -2.96. The van der Waals surface area contributed by atoms with Crippen LogP contribution in [0.1, 0.15) is 24.4 Å². The Morgan fingerprint density at radius 3 is 2.64 bits per heavy atom. The SMILES string of the molecule is Cc1nc(N2CCCC(C(=O)N3CCSCC3)C2)cc(C(F)(F)F)n1. The molecule has 2 aliphatic rings. The number of hydrogen-bond donors (Lipinski definition) is 0. The molecular formula is C16H21F3N4OS. The second kappa shape index (κ2) is 7.39. The predicted molar refractivity (Wildman–Crippen MR) is 90.6 cm³/mol. The molecule has 0 aromatic carbocycles. The lowest BCUT2D eigenvalue weighted by molar-refractivity contribution is -0.141. The summed E-state index contributed by atoms with van der Waals surface area (Å²) >= 11 is 1.84. The normalized spacial score (nSPS) is 22.2. The van der Waals surface area contributed by atoms with Crippen LogP contribution in [0.4, 0.5) is 19.0 Å². The van der Waals surface area contributed by atoms with Crippen molar-refractivity contribution < 1.29 is 18.0 Å². The summed E-state index contributed by atoms with van der Waals surface area (Å²) in [6.45, 7) is 3.98. The zero-order chi connectivity index (χ0) is 18.0. The van der Waals surface area contributed by atoms with Crippen molar-refractivity contribution in [1.82, 2.24) is 14.9 Å². The van der Waals surface area contributed by atoms with Crippen LogP contribution in [0.15, 0.2) is 6.07 Å². The molecule has 1 unspecified atom stereocenters. The number of aromatic nitrogens is 2. The molecule has 1 atom stereocenters. The number of anilines is 1. The fourth-order valence-corrected chi connectivity index (χ4v) is 4.19. The standard InChI is InChI=1S/C16H21F3N4OS/c1-11-20-13(16(17,18)19)9-14(21-11)23-4-2-3-12(10-23)15(24)22-5-7-25-8-6-22/h9,12H,2-8,10H2,1H3. The van der Waals surface area contributed by atoms with E-state index in [4.69, 9.17) is 0 Å². The van der Waals surface area contributed by atoms with E-state index in [-0.39, 0.29) is 23.5 Å². The van der Waals surface area contributed by atoms with Crippen molar-refractivity contribution in [2.75, 3.05) is 42.6 Å². The average Bonchev–Trinajstić information content (AvgIpc) is 2.61. The van der Waals surface area contributed by atoms with E-state index in [1.165, 1.54) is 6.92 Å². The van der Waals surface area contributed by atoms with Gasteiger partial charge in [0, 0.05) is 43.8 Å². The van der Waals surface area contributed by atoms with E-state index < -0.39 is 11.9 Å². The number of aryl methyl sites for hydroxylation is 1. The lowest BCUT2D eigenvalue weighted by Crippen LogP contribution is -2.47. The molecule has 2 aliphatic heterocycles. The Balaban J connectivity index is 1.75. The summed E-state index contributed by atoms with van der Waals surface area (Å²) in [6, 6.07) is 0.984. The summed E-state index contributed by atoms with van der Waals surface area (Å²) in [7, 11) is 0. The van der Waals surface area contributed by atoms with E-state index in [1.807, 2.05) is 16.7 Å². The number of halogens is 3. The average molecular weight is 374 g/mol. The molecule has 0 saturated carbocycles. The van der Waals surface area contributed by atoms with Crippen LogP contribution in [0.3, 0.4) is 0 Å². The van der Waals surface area contributed by atoms with Crippen LogP contribution < -0.4 is 4.90 Å². The first-order chi connectivity index (χ1) is 11.8. The first-order valence-electron chi connectivity index (χ1n) is 8.39. The van der Waals surface area contributed by atoms with E-state index >= 15 is 0 Å². The Morgan fingerprint density at radius 2 is 1.96 bits per heavy atom. The van der Waals surface area contributed by atoms with Crippen LogP contribution in [-0.4, -0.2) is 58.5 Å². The molecule has 0 aliphatic carbocycles. The molecule has 9 heteroatoms. The lowest BCUT2D eigenvalue weighted by atomic mass is 9.96. The second-order valence-electron chi connectivity index (χ2n) is 6.38. The number of amides is 1. The molecule has 2 saturated heterocycles. The first kappa shape index (κ1) is 18.3. The van der Waals surface area contributed by atoms with E-state index in [9.17, 15) is 18.0 Å². The van der Waals surface area contributed by atoms with Crippen LogP contribution in [-0.2, 0) is 11.0 Å². The Bertz CT molecular complexity index is 634. The molecule has 3 rings (SSSR count). The molecular weight excluding hydrogens is 353 g/mol. The third-order valence-corrected chi connectivity index (χ3v) is 5.47. The maximum atomic E-state index is 13.0. The van der Waals surface area contributed by atoms with Crippen molar-refractivity contribution in [2.45, 2.75) is 25.9 Å². The van der Waals surface area contributed by atoms with Gasteiger partial charge in [0.25, 0.3) is 0 Å². The number of piperidine rings is 1. The van der Waals surface area contributed by atoms with Crippen molar-refractivity contribution in [1.29, 1.82) is 0 Å². The van der Waals surface area contributed by atoms with Gasteiger partial charge in [0.05, 0.1) is 5.92 Å².